The van der Waals surface area contributed by atoms with Crippen LogP contribution >= 0.6 is 0 Å². The summed E-state index contributed by atoms with van der Waals surface area (Å²) < 4.78 is 33.3. The molecule has 0 unspecified atom stereocenters. The van der Waals surface area contributed by atoms with Gasteiger partial charge in [0, 0.05) is 30.4 Å². The largest absolute Gasteiger partial charge is 0.497 e. The van der Waals surface area contributed by atoms with Crippen molar-refractivity contribution in [2.45, 2.75) is 186 Å². The van der Waals surface area contributed by atoms with Gasteiger partial charge in [0.25, 0.3) is 0 Å². The van der Waals surface area contributed by atoms with Gasteiger partial charge >= 0.3 is 0 Å². The van der Waals surface area contributed by atoms with Gasteiger partial charge in [0.1, 0.15) is 13.8 Å². The van der Waals surface area contributed by atoms with Crippen LogP contribution in [0.25, 0.3) is 0 Å². The molecule has 0 fully saturated rings. The van der Waals surface area contributed by atoms with E-state index in [-0.39, 0.29) is 33.2 Å². The average molecular weight is 769 g/mol. The molecule has 0 spiro atoms. The Balaban J connectivity index is 1.60. The van der Waals surface area contributed by atoms with Gasteiger partial charge in [0.2, 0.25) is 0 Å². The summed E-state index contributed by atoms with van der Waals surface area (Å²) >= 11 is 0. The Bertz CT molecular complexity index is 1480. The van der Waals surface area contributed by atoms with Crippen LogP contribution in [-0.4, -0.2) is 50.6 Å². The van der Waals surface area contributed by atoms with Crippen molar-refractivity contribution in [1.82, 2.24) is 0 Å². The first-order valence-corrected chi connectivity index (χ1v) is 29.1. The lowest BCUT2D eigenvalue weighted by Crippen LogP contribution is -2.53. The molecule has 5 nitrogen and oxygen atoms in total. The molecule has 0 saturated heterocycles. The van der Waals surface area contributed by atoms with Gasteiger partial charge in [-0.1, -0.05) is 112 Å². The molecule has 4 atom stereocenters. The highest BCUT2D eigenvalue weighted by Gasteiger charge is 2.52. The van der Waals surface area contributed by atoms with Crippen molar-refractivity contribution in [1.29, 1.82) is 0 Å². The molecule has 0 saturated carbocycles. The van der Waals surface area contributed by atoms with Crippen LogP contribution in [0.2, 0.25) is 54.4 Å². The van der Waals surface area contributed by atoms with Crippen molar-refractivity contribution in [2.24, 2.45) is 5.92 Å². The summed E-state index contributed by atoms with van der Waals surface area (Å²) in [6.07, 6.45) is 12.8. The molecule has 294 valence electrons. The first kappa shape index (κ1) is 43.3. The zero-order chi connectivity index (χ0) is 38.9. The van der Waals surface area contributed by atoms with E-state index >= 15 is 0 Å². The van der Waals surface area contributed by atoms with E-state index in [9.17, 15) is 0 Å². The highest BCUT2D eigenvalue weighted by Crippen LogP contribution is 2.51. The van der Waals surface area contributed by atoms with Gasteiger partial charge in [-0.05, 0) is 90.2 Å². The predicted molar refractivity (Wildman–Crippen MR) is 228 cm³/mol. The Morgan fingerprint density at radius 1 is 0.731 bits per heavy atom. The molecule has 1 aromatic heterocycles. The van der Waals surface area contributed by atoms with Crippen LogP contribution in [0, 0.1) is 5.92 Å². The third-order valence-corrected chi connectivity index (χ3v) is 28.0. The molecule has 2 aromatic rings. The molecule has 0 radical (unpaired) electrons. The fraction of sp³-hybridized carbons (Fsp3) is 0.727. The van der Waals surface area contributed by atoms with E-state index in [0.717, 1.165) is 38.0 Å². The molecule has 52 heavy (non-hydrogen) atoms. The number of allylic oxidation sites excluding steroid dienone is 1. The fourth-order valence-electron chi connectivity index (χ4n) is 7.18. The van der Waals surface area contributed by atoms with Crippen molar-refractivity contribution in [3.8, 4) is 5.75 Å². The summed E-state index contributed by atoms with van der Waals surface area (Å²) in [6.45, 7) is 37.7. The minimum Gasteiger partial charge on any atom is -0.497 e. The third-order valence-electron chi connectivity index (χ3n) is 13.8. The van der Waals surface area contributed by atoms with Gasteiger partial charge in [-0.2, -0.15) is 0 Å². The second-order valence-corrected chi connectivity index (χ2v) is 35.3. The lowest BCUT2D eigenvalue weighted by Gasteiger charge is -2.48. The maximum atomic E-state index is 7.59. The van der Waals surface area contributed by atoms with Crippen molar-refractivity contribution >= 4 is 30.1 Å². The number of rotatable bonds is 15. The van der Waals surface area contributed by atoms with Crippen LogP contribution in [0.4, 0.5) is 0 Å². The first-order chi connectivity index (χ1) is 23.9. The number of unbranched alkanes of at least 4 members (excludes halogenated alkanes) is 3. The molecule has 0 amide bonds. The molecule has 0 aliphatic heterocycles. The van der Waals surface area contributed by atoms with Crippen molar-refractivity contribution < 1.29 is 22.7 Å². The number of hydrogen-bond donors (Lipinski definition) is 0. The Morgan fingerprint density at radius 2 is 1.33 bits per heavy atom. The lowest BCUT2D eigenvalue weighted by molar-refractivity contribution is 0.0180. The van der Waals surface area contributed by atoms with Gasteiger partial charge < -0.3 is 22.7 Å². The normalized spacial score (nSPS) is 21.8. The van der Waals surface area contributed by atoms with Gasteiger partial charge in [0.05, 0.1) is 37.6 Å². The summed E-state index contributed by atoms with van der Waals surface area (Å²) in [5.74, 6) is 1.40. The predicted octanol–water partition coefficient (Wildman–Crippen LogP) is 12.5. The molecule has 1 heterocycles. The summed E-state index contributed by atoms with van der Waals surface area (Å²) in [6, 6.07) is 8.16. The van der Waals surface area contributed by atoms with E-state index < -0.39 is 24.7 Å². The number of benzene rings is 1. The van der Waals surface area contributed by atoms with Crippen molar-refractivity contribution in [3.63, 3.8) is 0 Å². The van der Waals surface area contributed by atoms with E-state index in [1.807, 2.05) is 12.1 Å². The second-order valence-electron chi connectivity index (χ2n) is 20.6. The van der Waals surface area contributed by atoms with E-state index in [4.69, 9.17) is 22.7 Å². The number of ether oxygens (including phenoxy) is 2. The van der Waals surface area contributed by atoms with Crippen molar-refractivity contribution in [3.05, 3.63) is 58.9 Å². The molecule has 4 rings (SSSR count). The number of hydrogen-bond acceptors (Lipinski definition) is 5. The van der Waals surface area contributed by atoms with E-state index in [1.165, 1.54) is 41.3 Å². The zero-order valence-electron chi connectivity index (χ0n) is 36.2. The minimum absolute atomic E-state index is 0.0911. The molecule has 2 bridgehead atoms. The van der Waals surface area contributed by atoms with Crippen LogP contribution < -0.4 is 10.1 Å². The summed E-state index contributed by atoms with van der Waals surface area (Å²) in [4.78, 5) is 0. The Kier molecular flexibility index (Phi) is 13.6. The standard InChI is InChI=1S/C44H76O5Si3/c1-42(2,3)50(11,12)41-36-29-39(48-51(13,14)43(4,5)6)37-28-33(21-19-17-18-20-26-46-30-32-22-24-34(45-10)25-23-32)27-35(38(36)31-47-41)40(37)49-52(15,16)44(7,8)9/h22-25,27,31,35,37,39-40H,17-21,26,28-30H2,1-16H3/t35-,37+,39+,40-/m0/s1. The first-order valence-electron chi connectivity index (χ1n) is 20.3. The Labute approximate surface area is 322 Å². The summed E-state index contributed by atoms with van der Waals surface area (Å²) in [5, 5.41) is 1.71. The molecular formula is C44H76O5Si3. The Hall–Kier alpha value is -1.43. The van der Waals surface area contributed by atoms with Gasteiger partial charge in [-0.3, -0.25) is 0 Å². The quantitative estimate of drug-likeness (QED) is 0.103. The summed E-state index contributed by atoms with van der Waals surface area (Å²) in [5.41, 5.74) is 5.60. The highest BCUT2D eigenvalue weighted by atomic mass is 28.4. The SMILES string of the molecule is COc1ccc(COCCCCCCC2=C[C@H]3c4coc([Si](C)(C)C(C)(C)C)c4C[C@@H](O[Si](C)(C)C(C)(C)C)[C@@H](C2)[C@H]3O[Si](C)(C)C(C)(C)C)cc1. The van der Waals surface area contributed by atoms with E-state index in [2.05, 4.69) is 126 Å². The van der Waals surface area contributed by atoms with Gasteiger partial charge in [-0.25, -0.2) is 0 Å². The van der Waals surface area contributed by atoms with Gasteiger partial charge in [0.15, 0.2) is 16.6 Å². The van der Waals surface area contributed by atoms with E-state index in [1.54, 1.807) is 12.7 Å². The lowest BCUT2D eigenvalue weighted by atomic mass is 9.75. The van der Waals surface area contributed by atoms with Crippen LogP contribution in [-0.2, 0) is 26.6 Å². The second kappa shape index (κ2) is 16.4. The molecule has 2 aliphatic rings. The van der Waals surface area contributed by atoms with Crippen molar-refractivity contribution in [2.75, 3.05) is 13.7 Å². The highest BCUT2D eigenvalue weighted by molar-refractivity contribution is 6.91. The number of furan rings is 1. The van der Waals surface area contributed by atoms with Crippen LogP contribution in [0.1, 0.15) is 123 Å². The van der Waals surface area contributed by atoms with Crippen LogP contribution in [0.5, 0.6) is 5.75 Å². The third kappa shape index (κ3) is 9.86. The zero-order valence-corrected chi connectivity index (χ0v) is 39.2. The maximum absolute atomic E-state index is 7.59. The molecule has 1 aromatic carbocycles. The molecule has 8 heteroatoms. The average Bonchev–Trinajstić information content (AvgIpc) is 3.42. The monoisotopic (exact) mass is 769 g/mol. The number of methoxy groups -OCH3 is 1. The minimum atomic E-state index is -2.09. The smallest absolute Gasteiger partial charge is 0.192 e. The molecule has 0 N–H and O–H groups in total. The molecular weight excluding hydrogens is 693 g/mol. The Morgan fingerprint density at radius 3 is 1.90 bits per heavy atom. The van der Waals surface area contributed by atoms with E-state index in [0.29, 0.717) is 12.5 Å². The van der Waals surface area contributed by atoms with Crippen LogP contribution in [0.3, 0.4) is 0 Å². The van der Waals surface area contributed by atoms with Crippen LogP contribution in [0.15, 0.2) is 46.6 Å². The maximum Gasteiger partial charge on any atom is 0.192 e. The summed E-state index contributed by atoms with van der Waals surface area (Å²) in [7, 11) is -4.44. The fourth-order valence-corrected chi connectivity index (χ4v) is 11.9. The topological polar surface area (TPSA) is 50.1 Å². The van der Waals surface area contributed by atoms with Gasteiger partial charge in [-0.15, -0.1) is 0 Å². The molecule has 2 aliphatic carbocycles. The number of fused-ring (bicyclic) bond motifs is 4.